The molecule has 0 aliphatic carbocycles. The van der Waals surface area contributed by atoms with E-state index in [2.05, 4.69) is 10.6 Å². The van der Waals surface area contributed by atoms with E-state index in [9.17, 15) is 14.4 Å². The number of Topliss-reactive ketones (excluding diaryl/α,β-unsaturated/α-hetero) is 1. The van der Waals surface area contributed by atoms with Gasteiger partial charge >= 0.3 is 0 Å². The molecule has 0 spiro atoms. The number of thiophene rings is 1. The highest BCUT2D eigenvalue weighted by molar-refractivity contribution is 7.14. The van der Waals surface area contributed by atoms with E-state index in [0.29, 0.717) is 22.7 Å². The summed E-state index contributed by atoms with van der Waals surface area (Å²) < 4.78 is 5.45. The molecule has 0 radical (unpaired) electrons. The molecule has 7 heteroatoms. The molecule has 0 bridgehead atoms. The van der Waals surface area contributed by atoms with Crippen LogP contribution in [0.2, 0.25) is 0 Å². The summed E-state index contributed by atoms with van der Waals surface area (Å²) in [6.07, 6.45) is 0. The first-order chi connectivity index (χ1) is 11.5. The second-order valence-corrected chi connectivity index (χ2v) is 6.16. The maximum atomic E-state index is 12.1. The van der Waals surface area contributed by atoms with Crippen molar-refractivity contribution >= 4 is 28.9 Å². The summed E-state index contributed by atoms with van der Waals surface area (Å²) in [4.78, 5) is 35.9. The van der Waals surface area contributed by atoms with Crippen LogP contribution < -0.4 is 15.4 Å². The lowest BCUT2D eigenvalue weighted by atomic mass is 10.2. The summed E-state index contributed by atoms with van der Waals surface area (Å²) in [5.74, 6) is 0.0956. The minimum atomic E-state index is -0.178. The molecule has 2 rings (SSSR count). The molecular formula is C17H18N2O4S. The molecule has 6 nitrogen and oxygen atoms in total. The molecule has 0 saturated carbocycles. The van der Waals surface area contributed by atoms with Crippen molar-refractivity contribution in [3.63, 3.8) is 0 Å². The van der Waals surface area contributed by atoms with E-state index in [1.165, 1.54) is 18.3 Å². The minimum absolute atomic E-state index is 0.0839. The molecule has 0 fully saturated rings. The van der Waals surface area contributed by atoms with Crippen LogP contribution in [-0.4, -0.2) is 31.3 Å². The number of benzene rings is 1. The van der Waals surface area contributed by atoms with E-state index in [-0.39, 0.29) is 24.2 Å². The van der Waals surface area contributed by atoms with Gasteiger partial charge in [0.2, 0.25) is 11.7 Å². The fourth-order valence-electron chi connectivity index (χ4n) is 1.90. The average molecular weight is 346 g/mol. The van der Waals surface area contributed by atoms with Gasteiger partial charge in [-0.25, -0.2) is 0 Å². The molecule has 0 unspecified atom stereocenters. The average Bonchev–Trinajstić information content (AvgIpc) is 3.06. The first kappa shape index (κ1) is 17.7. The topological polar surface area (TPSA) is 84.5 Å². The second kappa shape index (κ2) is 8.26. The van der Waals surface area contributed by atoms with E-state index in [4.69, 9.17) is 4.74 Å². The molecule has 24 heavy (non-hydrogen) atoms. The van der Waals surface area contributed by atoms with Gasteiger partial charge in [0.1, 0.15) is 5.75 Å². The predicted octanol–water partition coefficient (Wildman–Crippen LogP) is 2.01. The van der Waals surface area contributed by atoms with Crippen LogP contribution in [0.5, 0.6) is 5.75 Å². The highest BCUT2D eigenvalue weighted by atomic mass is 32.1. The highest BCUT2D eigenvalue weighted by Gasteiger charge is 2.11. The maximum Gasteiger partial charge on any atom is 0.251 e. The molecule has 0 aliphatic heterocycles. The Morgan fingerprint density at radius 1 is 1.08 bits per heavy atom. The summed E-state index contributed by atoms with van der Waals surface area (Å²) in [5.41, 5.74) is 0.525. The molecule has 1 aromatic carbocycles. The van der Waals surface area contributed by atoms with Crippen molar-refractivity contribution in [1.29, 1.82) is 0 Å². The van der Waals surface area contributed by atoms with E-state index in [1.54, 1.807) is 37.4 Å². The Morgan fingerprint density at radius 2 is 1.79 bits per heavy atom. The Kier molecular flexibility index (Phi) is 6.08. The molecular weight excluding hydrogens is 328 g/mol. The third-order valence-corrected chi connectivity index (χ3v) is 4.29. The van der Waals surface area contributed by atoms with Crippen LogP contribution in [0.15, 0.2) is 36.4 Å². The van der Waals surface area contributed by atoms with Gasteiger partial charge in [-0.1, -0.05) is 0 Å². The maximum absolute atomic E-state index is 12.1. The summed E-state index contributed by atoms with van der Waals surface area (Å²) in [5, 5.41) is 5.22. The molecule has 2 N–H and O–H groups in total. The van der Waals surface area contributed by atoms with E-state index < -0.39 is 0 Å². The van der Waals surface area contributed by atoms with Gasteiger partial charge in [-0.2, -0.15) is 0 Å². The Morgan fingerprint density at radius 3 is 2.42 bits per heavy atom. The Balaban J connectivity index is 1.88. The zero-order valence-electron chi connectivity index (χ0n) is 13.4. The zero-order valence-corrected chi connectivity index (χ0v) is 14.2. The Bertz CT molecular complexity index is 737. The number of carbonyl (C=O) groups excluding carboxylic acids is 3. The summed E-state index contributed by atoms with van der Waals surface area (Å²) in [6, 6.07) is 10.1. The molecule has 1 heterocycles. The Hall–Kier alpha value is -2.67. The van der Waals surface area contributed by atoms with Crippen LogP contribution in [0.4, 0.5) is 0 Å². The molecule has 0 saturated heterocycles. The van der Waals surface area contributed by atoms with Gasteiger partial charge in [0.05, 0.1) is 11.4 Å². The second-order valence-electron chi connectivity index (χ2n) is 4.99. The molecule has 126 valence electrons. The first-order valence-corrected chi connectivity index (χ1v) is 8.12. The fraction of sp³-hybridized carbons (Fsp3) is 0.235. The van der Waals surface area contributed by atoms with Gasteiger partial charge in [0.15, 0.2) is 6.61 Å². The number of carbonyl (C=O) groups is 3. The van der Waals surface area contributed by atoms with Crippen LogP contribution in [0.25, 0.3) is 0 Å². The minimum Gasteiger partial charge on any atom is -0.485 e. The quantitative estimate of drug-likeness (QED) is 0.751. The number of amides is 2. The van der Waals surface area contributed by atoms with Crippen molar-refractivity contribution in [2.24, 2.45) is 0 Å². The van der Waals surface area contributed by atoms with Gasteiger partial charge in [-0.15, -0.1) is 11.3 Å². The van der Waals surface area contributed by atoms with Crippen molar-refractivity contribution in [2.75, 3.05) is 13.7 Å². The normalized spacial score (nSPS) is 10.1. The van der Waals surface area contributed by atoms with Gasteiger partial charge in [0, 0.05) is 24.4 Å². The fourth-order valence-corrected chi connectivity index (χ4v) is 2.77. The first-order valence-electron chi connectivity index (χ1n) is 7.31. The van der Waals surface area contributed by atoms with Gasteiger partial charge in [0.25, 0.3) is 5.91 Å². The number of nitrogens with one attached hydrogen (secondary N) is 2. The predicted molar refractivity (Wildman–Crippen MR) is 91.5 cm³/mol. The van der Waals surface area contributed by atoms with E-state index in [1.807, 2.05) is 6.07 Å². The lowest BCUT2D eigenvalue weighted by Crippen LogP contribution is -2.18. The number of hydrogen-bond donors (Lipinski definition) is 2. The van der Waals surface area contributed by atoms with E-state index >= 15 is 0 Å². The Labute approximate surface area is 143 Å². The SMILES string of the molecule is CNC(=O)c1ccc(OCC(=O)c2ccc(CNC(C)=O)s2)cc1. The van der Waals surface area contributed by atoms with Crippen LogP contribution in [-0.2, 0) is 11.3 Å². The van der Waals surface area contributed by atoms with Gasteiger partial charge in [-0.05, 0) is 36.4 Å². The van der Waals surface area contributed by atoms with Crippen LogP contribution in [0, 0.1) is 0 Å². The summed E-state index contributed by atoms with van der Waals surface area (Å²) >= 11 is 1.33. The lowest BCUT2D eigenvalue weighted by Gasteiger charge is -2.05. The van der Waals surface area contributed by atoms with Crippen LogP contribution in [0.1, 0.15) is 31.8 Å². The van der Waals surface area contributed by atoms with Crippen molar-refractivity contribution in [2.45, 2.75) is 13.5 Å². The van der Waals surface area contributed by atoms with Crippen molar-refractivity contribution in [3.8, 4) is 5.75 Å². The summed E-state index contributed by atoms with van der Waals surface area (Å²) in [7, 11) is 1.56. The lowest BCUT2D eigenvalue weighted by molar-refractivity contribution is -0.119. The van der Waals surface area contributed by atoms with Gasteiger partial charge in [-0.3, -0.25) is 14.4 Å². The van der Waals surface area contributed by atoms with Crippen LogP contribution in [0.3, 0.4) is 0 Å². The number of hydrogen-bond acceptors (Lipinski definition) is 5. The van der Waals surface area contributed by atoms with Crippen molar-refractivity contribution < 1.29 is 19.1 Å². The molecule has 2 aromatic rings. The van der Waals surface area contributed by atoms with Crippen LogP contribution >= 0.6 is 11.3 Å². The smallest absolute Gasteiger partial charge is 0.251 e. The monoisotopic (exact) mass is 346 g/mol. The number of ketones is 1. The molecule has 2 amide bonds. The molecule has 1 aromatic heterocycles. The standard InChI is InChI=1S/C17H18N2O4S/c1-11(20)19-9-14-7-8-16(24-14)15(21)10-23-13-5-3-12(4-6-13)17(22)18-2/h3-8H,9-10H2,1-2H3,(H,18,22)(H,19,20). The van der Waals surface area contributed by atoms with Crippen molar-refractivity contribution in [1.82, 2.24) is 10.6 Å². The zero-order chi connectivity index (χ0) is 17.5. The third kappa shape index (κ3) is 4.92. The molecule has 0 aliphatic rings. The number of rotatable bonds is 7. The number of ether oxygens (including phenoxy) is 1. The van der Waals surface area contributed by atoms with E-state index in [0.717, 1.165) is 4.88 Å². The third-order valence-electron chi connectivity index (χ3n) is 3.16. The molecule has 0 atom stereocenters. The van der Waals surface area contributed by atoms with Gasteiger partial charge < -0.3 is 15.4 Å². The summed E-state index contributed by atoms with van der Waals surface area (Å²) in [6.45, 7) is 1.78. The largest absolute Gasteiger partial charge is 0.485 e. The highest BCUT2D eigenvalue weighted by Crippen LogP contribution is 2.18. The van der Waals surface area contributed by atoms with Crippen molar-refractivity contribution in [3.05, 3.63) is 51.7 Å².